The van der Waals surface area contributed by atoms with Crippen molar-refractivity contribution in [1.29, 1.82) is 0 Å². The first-order valence-electron chi connectivity index (χ1n) is 7.00. The van der Waals surface area contributed by atoms with Crippen LogP contribution in [0.4, 0.5) is 0 Å². The van der Waals surface area contributed by atoms with Gasteiger partial charge in [-0.25, -0.2) is 0 Å². The van der Waals surface area contributed by atoms with E-state index in [1.807, 2.05) is 6.92 Å². The zero-order valence-electron chi connectivity index (χ0n) is 11.9. The Balaban J connectivity index is 3.80. The lowest BCUT2D eigenvalue weighted by Gasteiger charge is -2.19. The van der Waals surface area contributed by atoms with Gasteiger partial charge >= 0.3 is 0 Å². The van der Waals surface area contributed by atoms with E-state index in [1.165, 1.54) is 32.1 Å². The average Bonchev–Trinajstić information content (AvgIpc) is 2.27. The normalized spacial score (nSPS) is 16.2. The van der Waals surface area contributed by atoms with Gasteiger partial charge in [0, 0.05) is 5.92 Å². The number of carbonyl (C=O) groups is 2. The molecule has 2 nitrogen and oxygen atoms in total. The van der Waals surface area contributed by atoms with Gasteiger partial charge < -0.3 is 0 Å². The number of carbonyl (C=O) groups excluding carboxylic acids is 2. The predicted octanol–water partition coefficient (Wildman–Crippen LogP) is 4.02. The molecule has 0 aromatic carbocycles. The summed E-state index contributed by atoms with van der Waals surface area (Å²) in [7, 11) is 0. The minimum atomic E-state index is -0.254. The van der Waals surface area contributed by atoms with E-state index in [9.17, 15) is 9.59 Å². The Bertz CT molecular complexity index is 223. The van der Waals surface area contributed by atoms with Crippen LogP contribution in [0.5, 0.6) is 0 Å². The lowest BCUT2D eigenvalue weighted by molar-refractivity contribution is -0.132. The summed E-state index contributed by atoms with van der Waals surface area (Å²) in [4.78, 5) is 21.6. The zero-order chi connectivity index (χ0) is 13.3. The molecule has 0 bridgehead atoms. The third-order valence-electron chi connectivity index (χ3n) is 3.46. The smallest absolute Gasteiger partial charge is 0.197 e. The summed E-state index contributed by atoms with van der Waals surface area (Å²) in [6.45, 7) is 8.55. The van der Waals surface area contributed by atoms with Crippen molar-refractivity contribution in [2.45, 2.75) is 66.2 Å². The molecule has 0 aromatic heterocycles. The Labute approximate surface area is 106 Å². The summed E-state index contributed by atoms with van der Waals surface area (Å²) in [6.07, 6.45) is 7.66. The van der Waals surface area contributed by atoms with E-state index < -0.39 is 0 Å². The average molecular weight is 240 g/mol. The van der Waals surface area contributed by atoms with E-state index in [0.717, 1.165) is 12.3 Å². The Kier molecular flexibility index (Phi) is 9.01. The number of unbranched alkanes of at least 4 members (excludes halogenated alkanes) is 2. The second-order valence-corrected chi connectivity index (χ2v) is 5.60. The fraction of sp³-hybridized carbons (Fsp3) is 0.867. The van der Waals surface area contributed by atoms with Gasteiger partial charge in [-0.3, -0.25) is 9.59 Å². The number of aldehydes is 1. The highest BCUT2D eigenvalue weighted by Crippen LogP contribution is 2.23. The Morgan fingerprint density at radius 3 is 2.24 bits per heavy atom. The molecule has 0 amide bonds. The molecule has 0 aliphatic rings. The molecule has 0 saturated heterocycles. The molecule has 0 saturated carbocycles. The van der Waals surface area contributed by atoms with Gasteiger partial charge in [-0.2, -0.15) is 0 Å². The van der Waals surface area contributed by atoms with E-state index in [4.69, 9.17) is 0 Å². The first-order chi connectivity index (χ1) is 8.01. The number of ketones is 1. The van der Waals surface area contributed by atoms with Crippen LogP contribution in [0.3, 0.4) is 0 Å². The molecule has 0 rings (SSSR count). The molecule has 0 fully saturated rings. The van der Waals surface area contributed by atoms with Gasteiger partial charge in [-0.1, -0.05) is 53.4 Å². The van der Waals surface area contributed by atoms with Crippen LogP contribution in [0.2, 0.25) is 0 Å². The summed E-state index contributed by atoms with van der Waals surface area (Å²) < 4.78 is 0. The summed E-state index contributed by atoms with van der Waals surface area (Å²) in [5.41, 5.74) is 0. The summed E-state index contributed by atoms with van der Waals surface area (Å²) in [6, 6.07) is 0. The van der Waals surface area contributed by atoms with Gasteiger partial charge in [0.2, 0.25) is 0 Å². The monoisotopic (exact) mass is 240 g/mol. The molecule has 0 heterocycles. The molecule has 17 heavy (non-hydrogen) atoms. The van der Waals surface area contributed by atoms with Gasteiger partial charge in [0.15, 0.2) is 12.1 Å². The number of rotatable bonds is 10. The molecule has 0 radical (unpaired) electrons. The van der Waals surface area contributed by atoms with Crippen LogP contribution in [-0.4, -0.2) is 12.1 Å². The van der Waals surface area contributed by atoms with Crippen molar-refractivity contribution >= 4 is 12.1 Å². The minimum absolute atomic E-state index is 0.106. The fourth-order valence-electron chi connectivity index (χ4n) is 2.48. The minimum Gasteiger partial charge on any atom is -0.295 e. The molecule has 0 aliphatic heterocycles. The number of hydrogen-bond acceptors (Lipinski definition) is 2. The largest absolute Gasteiger partial charge is 0.295 e. The highest BCUT2D eigenvalue weighted by atomic mass is 16.2. The highest BCUT2D eigenvalue weighted by molar-refractivity contribution is 6.25. The number of hydrogen-bond donors (Lipinski definition) is 0. The van der Waals surface area contributed by atoms with Crippen molar-refractivity contribution in [2.75, 3.05) is 0 Å². The summed E-state index contributed by atoms with van der Waals surface area (Å²) >= 11 is 0. The van der Waals surface area contributed by atoms with Crippen LogP contribution in [0, 0.1) is 17.8 Å². The van der Waals surface area contributed by atoms with Gasteiger partial charge in [0.25, 0.3) is 0 Å². The SMILES string of the molecule is CCCCCC(C)CC(C)CC(C)C(=O)C=O. The Morgan fingerprint density at radius 1 is 1.06 bits per heavy atom. The topological polar surface area (TPSA) is 34.1 Å². The summed E-state index contributed by atoms with van der Waals surface area (Å²) in [5, 5.41) is 0. The van der Waals surface area contributed by atoms with Crippen LogP contribution in [0.1, 0.15) is 66.2 Å². The molecule has 0 spiro atoms. The van der Waals surface area contributed by atoms with E-state index in [2.05, 4.69) is 20.8 Å². The maximum atomic E-state index is 11.2. The van der Waals surface area contributed by atoms with Gasteiger partial charge in [-0.15, -0.1) is 0 Å². The molecule has 0 aromatic rings. The first-order valence-corrected chi connectivity index (χ1v) is 7.00. The first kappa shape index (κ1) is 16.3. The lowest BCUT2D eigenvalue weighted by Crippen LogP contribution is -2.16. The highest BCUT2D eigenvalue weighted by Gasteiger charge is 2.17. The number of Topliss-reactive ketones (excluding diaryl/α,β-unsaturated/α-hetero) is 1. The molecule has 3 unspecified atom stereocenters. The molecule has 2 heteroatoms. The van der Waals surface area contributed by atoms with E-state index in [0.29, 0.717) is 12.2 Å². The van der Waals surface area contributed by atoms with Gasteiger partial charge in [0.1, 0.15) is 0 Å². The second-order valence-electron chi connectivity index (χ2n) is 5.60. The maximum Gasteiger partial charge on any atom is 0.197 e. The van der Waals surface area contributed by atoms with Crippen LogP contribution >= 0.6 is 0 Å². The second kappa shape index (κ2) is 9.38. The maximum absolute atomic E-state index is 11.2. The molecular formula is C15H28O2. The molecule has 0 N–H and O–H groups in total. The Hall–Kier alpha value is -0.660. The van der Waals surface area contributed by atoms with Crippen LogP contribution in [0.25, 0.3) is 0 Å². The molecule has 100 valence electrons. The Morgan fingerprint density at radius 2 is 1.71 bits per heavy atom. The van der Waals surface area contributed by atoms with E-state index >= 15 is 0 Å². The third-order valence-corrected chi connectivity index (χ3v) is 3.46. The summed E-state index contributed by atoms with van der Waals surface area (Å²) in [5.74, 6) is 0.904. The standard InChI is InChI=1S/C15H28O2/c1-5-6-7-8-12(2)9-13(3)10-14(4)15(17)11-16/h11-14H,5-10H2,1-4H3. The molecule has 3 atom stereocenters. The van der Waals surface area contributed by atoms with Crippen molar-refractivity contribution in [3.8, 4) is 0 Å². The van der Waals surface area contributed by atoms with E-state index in [1.54, 1.807) is 0 Å². The van der Waals surface area contributed by atoms with Gasteiger partial charge in [0.05, 0.1) is 0 Å². The fourth-order valence-corrected chi connectivity index (χ4v) is 2.48. The predicted molar refractivity (Wildman–Crippen MR) is 71.9 cm³/mol. The van der Waals surface area contributed by atoms with Crippen LogP contribution in [-0.2, 0) is 9.59 Å². The molecular weight excluding hydrogens is 212 g/mol. The van der Waals surface area contributed by atoms with Gasteiger partial charge in [-0.05, 0) is 24.7 Å². The van der Waals surface area contributed by atoms with E-state index in [-0.39, 0.29) is 11.7 Å². The van der Waals surface area contributed by atoms with Crippen molar-refractivity contribution in [1.82, 2.24) is 0 Å². The lowest BCUT2D eigenvalue weighted by atomic mass is 9.86. The van der Waals surface area contributed by atoms with Crippen LogP contribution < -0.4 is 0 Å². The third kappa shape index (κ3) is 8.12. The molecule has 0 aliphatic carbocycles. The van der Waals surface area contributed by atoms with Crippen molar-refractivity contribution in [2.24, 2.45) is 17.8 Å². The van der Waals surface area contributed by atoms with Crippen LogP contribution in [0.15, 0.2) is 0 Å². The quantitative estimate of drug-likeness (QED) is 0.328. The van der Waals surface area contributed by atoms with Crippen molar-refractivity contribution in [3.63, 3.8) is 0 Å². The zero-order valence-corrected chi connectivity index (χ0v) is 11.9. The van der Waals surface area contributed by atoms with Crippen molar-refractivity contribution < 1.29 is 9.59 Å². The van der Waals surface area contributed by atoms with Crippen molar-refractivity contribution in [3.05, 3.63) is 0 Å².